The van der Waals surface area contributed by atoms with Gasteiger partial charge in [0.05, 0.1) is 13.7 Å². The number of hydrogen-bond acceptors (Lipinski definition) is 11. The number of nitrogens with two attached hydrogens (primary N) is 1. The van der Waals surface area contributed by atoms with Crippen LogP contribution in [0.4, 0.5) is 0 Å². The molecule has 0 atom stereocenters. The fourth-order valence-electron chi connectivity index (χ4n) is 2.38. The van der Waals surface area contributed by atoms with Gasteiger partial charge < -0.3 is 0 Å². The quantitative estimate of drug-likeness (QED) is 0.0790. The van der Waals surface area contributed by atoms with Gasteiger partial charge in [-0.1, -0.05) is 47.2 Å². The van der Waals surface area contributed by atoms with Crippen molar-refractivity contribution in [1.29, 1.82) is 0 Å². The van der Waals surface area contributed by atoms with E-state index in [0.29, 0.717) is 37.7 Å². The fraction of sp³-hybridized carbons (Fsp3) is 0.263. The fourth-order valence-corrected chi connectivity index (χ4v) is 2100. The van der Waals surface area contributed by atoms with Crippen LogP contribution in [0, 0.1) is 0 Å². The minimum atomic E-state index is -0.414. The number of halogens is 16. The Labute approximate surface area is 468 Å². The minimum absolute atomic E-state index is 0. The summed E-state index contributed by atoms with van der Waals surface area (Å²) < 4.78 is 0. The summed E-state index contributed by atoms with van der Waals surface area (Å²) in [4.78, 5) is 22.4. The SMILES string of the molecule is CC(=O)c1ccc2n[nH]nc2c1.CP=S.CP=S.CP=S.II(I)I(I)I(I)I(I)I(I)I(I)I(I)I.NP=S.O=C(CP=S)c1ccc2n[nH]nc2c1.[HH].[HH].[HH]. The summed E-state index contributed by atoms with van der Waals surface area (Å²) in [6.45, 7) is 7.27. The molecule has 0 fully saturated rings. The first-order valence-corrected chi connectivity index (χ1v) is 117. The number of ketones is 2. The van der Waals surface area contributed by atoms with Crippen LogP contribution in [-0.4, -0.2) is 68.5 Å². The Bertz CT molecular complexity index is 1690. The molecule has 4 N–H and O–H groups in total. The van der Waals surface area contributed by atoms with Crippen LogP contribution in [0.1, 0.15) is 31.9 Å². The molecule has 4 aromatic rings. The van der Waals surface area contributed by atoms with Gasteiger partial charge in [-0.05, 0) is 105 Å². The molecular formula is C19H30I16N7O2P5S5. The molecule has 0 aliphatic carbocycles. The number of carbonyl (C=O) groups excluding carboxylic acids is 2. The summed E-state index contributed by atoms with van der Waals surface area (Å²) in [7, 11) is 1.54. The van der Waals surface area contributed by atoms with E-state index in [1.807, 2.05) is 20.0 Å². The van der Waals surface area contributed by atoms with Crippen molar-refractivity contribution in [3.63, 3.8) is 0 Å². The normalized spacial score (nSPS) is 11.9. The number of benzene rings is 2. The van der Waals surface area contributed by atoms with E-state index in [1.165, 1.54) is 6.92 Å². The molecule has 0 aliphatic rings. The molecule has 2 aromatic heterocycles. The van der Waals surface area contributed by atoms with Gasteiger partial charge in [-0.25, -0.2) is 0 Å². The van der Waals surface area contributed by atoms with Crippen molar-refractivity contribution in [3.8, 4) is 0 Å². The Morgan fingerprint density at radius 1 is 0.630 bits per heavy atom. The average Bonchev–Trinajstić information content (AvgIpc) is 3.81. The molecule has 0 amide bonds. The van der Waals surface area contributed by atoms with Crippen molar-refractivity contribution >= 4 is 352 Å². The molecule has 2 heterocycles. The standard InChI is InChI=1S/C8H6N3OPS.C8H7N3O.3CH3PS.I16.H2NPS.3H2/c12-8(4-13-14)5-1-2-6-7(3-5)10-11-9-6;1-5(12)6-2-3-7-8(4-6)10-11-9-7;3*1-2-3;1-10(2)12(5)14(7)16(9)15(8)13(6)11(3)4;1-2-3;;;/h1-3H,4H2,(H,9,10,11);2-4H,1H3,(H,9,10,11);3*1H3;;(H2,1,3);3*1H. The predicted molar refractivity (Wildman–Crippen MR) is 411 cm³/mol. The molecular weight excluding hydrogens is 2700 g/mol. The maximum Gasteiger partial charge on any atom is 0.171 e. The summed E-state index contributed by atoms with van der Waals surface area (Å²) in [5, 5.41) is 20.5. The topological polar surface area (TPSA) is 143 Å². The molecule has 0 saturated heterocycles. The predicted octanol–water partition coefficient (Wildman–Crippen LogP) is 21.0. The Kier molecular flexibility index (Phi) is 59.1. The van der Waals surface area contributed by atoms with E-state index in [0.717, 1.165) is 38.6 Å². The molecule has 0 bridgehead atoms. The molecule has 320 valence electrons. The van der Waals surface area contributed by atoms with Gasteiger partial charge in [0.1, 0.15) is 22.1 Å². The first kappa shape index (κ1) is 69.1. The summed E-state index contributed by atoms with van der Waals surface area (Å²) >= 11 is 48.6. The van der Waals surface area contributed by atoms with E-state index in [9.17, 15) is 9.59 Å². The molecule has 0 saturated carbocycles. The second-order valence-electron chi connectivity index (χ2n) is 7.11. The Balaban J connectivity index is -0.000000147. The molecule has 54 heavy (non-hydrogen) atoms. The van der Waals surface area contributed by atoms with E-state index in [4.69, 9.17) is 11.8 Å². The number of nitrogens with one attached hydrogen (secondary N) is 2. The first-order valence-electron chi connectivity index (χ1n) is 12.0. The average molecular weight is 2730 g/mol. The number of aromatic nitrogens is 6. The molecule has 4 rings (SSSR count). The van der Waals surface area contributed by atoms with Crippen LogP contribution in [0.25, 0.3) is 22.1 Å². The Morgan fingerprint density at radius 2 is 0.926 bits per heavy atom. The first-order chi connectivity index (χ1) is 25.4. The Morgan fingerprint density at radius 3 is 1.24 bits per heavy atom. The number of carbonyl (C=O) groups is 2. The molecule has 0 unspecified atom stereocenters. The second kappa shape index (κ2) is 46.2. The van der Waals surface area contributed by atoms with Gasteiger partial charge in [-0.2, -0.15) is 30.8 Å². The third-order valence-corrected chi connectivity index (χ3v) is 996. The number of rotatable bonds is 10. The second-order valence-corrected chi connectivity index (χ2v) is 355. The minimum Gasteiger partial charge on any atom is -0.293 e. The monoisotopic (exact) mass is 2730 g/mol. The smallest absolute Gasteiger partial charge is 0.171 e. The zero-order chi connectivity index (χ0) is 42.4. The van der Waals surface area contributed by atoms with Gasteiger partial charge in [-0.3, -0.25) is 15.1 Å². The molecule has 35 heteroatoms. The van der Waals surface area contributed by atoms with Gasteiger partial charge in [-0.15, -0.1) is 0 Å². The zero-order valence-corrected chi connectivity index (χ0v) is 69.8. The molecule has 0 aliphatic heterocycles. The van der Waals surface area contributed by atoms with Crippen molar-refractivity contribution < 1.29 is 13.9 Å². The summed E-state index contributed by atoms with van der Waals surface area (Å²) in [5.74, 6) is 0.0893. The van der Waals surface area contributed by atoms with Crippen molar-refractivity contribution in [2.45, 2.75) is 6.92 Å². The molecule has 9 nitrogen and oxygen atoms in total. The van der Waals surface area contributed by atoms with Gasteiger partial charge in [0.2, 0.25) is 0 Å². The van der Waals surface area contributed by atoms with E-state index in [2.05, 4.69) is 251 Å². The van der Waals surface area contributed by atoms with Crippen molar-refractivity contribution in [2.75, 3.05) is 26.2 Å². The molecule has 2 aromatic carbocycles. The third kappa shape index (κ3) is 34.2. The summed E-state index contributed by atoms with van der Waals surface area (Å²) in [5.41, 5.74) is 8.91. The maximum absolute atomic E-state index is 11.5. The largest absolute Gasteiger partial charge is 0.293 e. The van der Waals surface area contributed by atoms with Crippen LogP contribution in [0.5, 0.6) is 0 Å². The number of nitrogens with zero attached hydrogens (tertiary/aromatic N) is 4. The van der Waals surface area contributed by atoms with Gasteiger partial charge in [0, 0.05) is 15.4 Å². The van der Waals surface area contributed by atoms with Crippen molar-refractivity contribution in [1.82, 2.24) is 30.8 Å². The number of aromatic amines is 2. The van der Waals surface area contributed by atoms with Crippen LogP contribution in [0.15, 0.2) is 36.4 Å². The van der Waals surface area contributed by atoms with Gasteiger partial charge >= 0.3 is 223 Å². The van der Waals surface area contributed by atoms with Crippen LogP contribution in [0.3, 0.4) is 0 Å². The van der Waals surface area contributed by atoms with E-state index < -0.39 is 15.8 Å². The van der Waals surface area contributed by atoms with Crippen LogP contribution >= 0.6 is 260 Å². The molecule has 0 radical (unpaired) electrons. The number of hydrogen-bond donors (Lipinski definition) is 3. The van der Waals surface area contributed by atoms with Crippen molar-refractivity contribution in [2.24, 2.45) is 5.50 Å². The van der Waals surface area contributed by atoms with E-state index in [1.54, 1.807) is 36.4 Å². The van der Waals surface area contributed by atoms with E-state index >= 15 is 0 Å². The van der Waals surface area contributed by atoms with Gasteiger partial charge in [0.15, 0.2) is 11.6 Å². The van der Waals surface area contributed by atoms with Crippen molar-refractivity contribution in [3.05, 3.63) is 47.5 Å². The van der Waals surface area contributed by atoms with Crippen LogP contribution < -0.4 is 5.50 Å². The number of fused-ring (bicyclic) bond motifs is 2. The summed E-state index contributed by atoms with van der Waals surface area (Å²) in [6, 6.07) is 10.5. The number of Topliss-reactive ketones (excluding diaryl/α,β-unsaturated/α-hetero) is 2. The maximum atomic E-state index is 11.5. The van der Waals surface area contributed by atoms with E-state index in [-0.39, 0.29) is 55.3 Å². The third-order valence-electron chi connectivity index (χ3n) is 4.06. The summed E-state index contributed by atoms with van der Waals surface area (Å²) in [6.07, 6.45) is 0.374. The Hall–Kier alpha value is 10.8. The number of H-pyrrole nitrogens is 2. The molecule has 0 spiro atoms. The zero-order valence-electron chi connectivity index (χ0n) is 26.7. The van der Waals surface area contributed by atoms with Crippen LogP contribution in [-0.2, 0) is 59.0 Å². The van der Waals surface area contributed by atoms with Crippen LogP contribution in [0.2, 0.25) is 0 Å². The van der Waals surface area contributed by atoms with Gasteiger partial charge in [0.25, 0.3) is 0 Å².